The monoisotopic (exact) mass is 266 g/mol. The molecule has 2 heterocycles. The molecule has 2 aromatic heterocycles. The van der Waals surface area contributed by atoms with Gasteiger partial charge in [0.1, 0.15) is 5.82 Å². The number of hydrogen-bond acceptors (Lipinski definition) is 4. The van der Waals surface area contributed by atoms with Crippen LogP contribution in [0.2, 0.25) is 0 Å². The molecule has 0 fully saturated rings. The molecule has 20 heavy (non-hydrogen) atoms. The number of nitrogens with one attached hydrogen (secondary N) is 1. The van der Waals surface area contributed by atoms with Gasteiger partial charge in [0.25, 0.3) is 0 Å². The highest BCUT2D eigenvalue weighted by Gasteiger charge is 2.15. The van der Waals surface area contributed by atoms with E-state index in [0.29, 0.717) is 6.04 Å². The van der Waals surface area contributed by atoms with Gasteiger partial charge in [0.2, 0.25) is 0 Å². The standard InChI is InChI=1S/C16H18N4/c1-11-12(2)18-16(13-6-5-9-17-10-13)20-15(11)19-14-7-3-4-8-14/h3-6,9-10,14H,7-8H2,1-2H3,(H,18,19,20). The second-order valence-electron chi connectivity index (χ2n) is 5.13. The fourth-order valence-corrected chi connectivity index (χ4v) is 2.32. The lowest BCUT2D eigenvalue weighted by Gasteiger charge is -2.16. The molecule has 0 aliphatic heterocycles. The molecule has 0 bridgehead atoms. The van der Waals surface area contributed by atoms with Gasteiger partial charge in [-0.2, -0.15) is 0 Å². The maximum Gasteiger partial charge on any atom is 0.163 e. The summed E-state index contributed by atoms with van der Waals surface area (Å²) in [5.74, 6) is 1.67. The highest BCUT2D eigenvalue weighted by atomic mass is 15.1. The zero-order valence-electron chi connectivity index (χ0n) is 11.8. The van der Waals surface area contributed by atoms with Crippen molar-refractivity contribution in [3.8, 4) is 11.4 Å². The van der Waals surface area contributed by atoms with Gasteiger partial charge in [0, 0.05) is 35.3 Å². The Balaban J connectivity index is 1.95. The number of pyridine rings is 1. The van der Waals surface area contributed by atoms with Crippen LogP contribution in [-0.2, 0) is 0 Å². The molecule has 0 aromatic carbocycles. The summed E-state index contributed by atoms with van der Waals surface area (Å²) in [6.45, 7) is 4.09. The Morgan fingerprint density at radius 1 is 1.15 bits per heavy atom. The van der Waals surface area contributed by atoms with E-state index in [1.807, 2.05) is 19.1 Å². The van der Waals surface area contributed by atoms with Crippen LogP contribution < -0.4 is 5.32 Å². The number of nitrogens with zero attached hydrogens (tertiary/aromatic N) is 3. The van der Waals surface area contributed by atoms with E-state index in [0.717, 1.165) is 41.3 Å². The summed E-state index contributed by atoms with van der Waals surface area (Å²) in [6.07, 6.45) is 10.1. The lowest BCUT2D eigenvalue weighted by Crippen LogP contribution is -2.18. The van der Waals surface area contributed by atoms with Crippen LogP contribution >= 0.6 is 0 Å². The first kappa shape index (κ1) is 12.8. The molecule has 0 saturated carbocycles. The summed E-state index contributed by atoms with van der Waals surface area (Å²) in [4.78, 5) is 13.4. The van der Waals surface area contributed by atoms with E-state index in [-0.39, 0.29) is 0 Å². The van der Waals surface area contributed by atoms with Crippen LogP contribution in [0.4, 0.5) is 5.82 Å². The van der Waals surface area contributed by atoms with Crippen molar-refractivity contribution in [2.75, 3.05) is 5.32 Å². The van der Waals surface area contributed by atoms with Gasteiger partial charge in [0.05, 0.1) is 0 Å². The number of rotatable bonds is 3. The molecule has 1 N–H and O–H groups in total. The van der Waals surface area contributed by atoms with E-state index in [4.69, 9.17) is 0 Å². The SMILES string of the molecule is Cc1nc(-c2cccnc2)nc(NC2CC=CC2)c1C. The van der Waals surface area contributed by atoms with Crippen molar-refractivity contribution in [1.29, 1.82) is 0 Å². The fraction of sp³-hybridized carbons (Fsp3) is 0.312. The van der Waals surface area contributed by atoms with Crippen LogP contribution in [0, 0.1) is 13.8 Å². The van der Waals surface area contributed by atoms with Gasteiger partial charge in [-0.1, -0.05) is 12.2 Å². The molecule has 0 saturated heterocycles. The number of hydrogen-bond donors (Lipinski definition) is 1. The van der Waals surface area contributed by atoms with Crippen LogP contribution in [0.1, 0.15) is 24.1 Å². The first-order valence-electron chi connectivity index (χ1n) is 6.91. The summed E-state index contributed by atoms with van der Waals surface area (Å²) in [7, 11) is 0. The van der Waals surface area contributed by atoms with Crippen molar-refractivity contribution in [2.24, 2.45) is 0 Å². The van der Waals surface area contributed by atoms with Crippen molar-refractivity contribution in [3.05, 3.63) is 47.9 Å². The van der Waals surface area contributed by atoms with E-state index in [9.17, 15) is 0 Å². The average Bonchev–Trinajstić information content (AvgIpc) is 2.97. The molecule has 1 aliphatic rings. The van der Waals surface area contributed by atoms with Crippen LogP contribution in [-0.4, -0.2) is 21.0 Å². The molecular formula is C16H18N4. The third-order valence-electron chi connectivity index (χ3n) is 3.66. The molecule has 4 heteroatoms. The Labute approximate surface area is 119 Å². The molecule has 0 radical (unpaired) electrons. The fourth-order valence-electron chi connectivity index (χ4n) is 2.32. The summed E-state index contributed by atoms with van der Waals surface area (Å²) in [6, 6.07) is 4.34. The Morgan fingerprint density at radius 2 is 1.95 bits per heavy atom. The second kappa shape index (κ2) is 5.41. The largest absolute Gasteiger partial charge is 0.366 e. The minimum Gasteiger partial charge on any atom is -0.366 e. The molecule has 0 spiro atoms. The molecular weight excluding hydrogens is 248 g/mol. The predicted octanol–water partition coefficient (Wildman–Crippen LogP) is 3.29. The Hall–Kier alpha value is -2.23. The molecule has 0 unspecified atom stereocenters. The summed E-state index contributed by atoms with van der Waals surface area (Å²) >= 11 is 0. The Morgan fingerprint density at radius 3 is 2.65 bits per heavy atom. The van der Waals surface area contributed by atoms with E-state index in [1.165, 1.54) is 0 Å². The maximum absolute atomic E-state index is 4.68. The molecule has 3 rings (SSSR count). The van der Waals surface area contributed by atoms with E-state index < -0.39 is 0 Å². The van der Waals surface area contributed by atoms with Crippen molar-refractivity contribution in [2.45, 2.75) is 32.7 Å². The Bertz CT molecular complexity index is 626. The zero-order chi connectivity index (χ0) is 13.9. The second-order valence-corrected chi connectivity index (χ2v) is 5.13. The molecule has 2 aromatic rings. The van der Waals surface area contributed by atoms with Gasteiger partial charge in [-0.25, -0.2) is 9.97 Å². The smallest absolute Gasteiger partial charge is 0.163 e. The average molecular weight is 266 g/mol. The quantitative estimate of drug-likeness (QED) is 0.866. The predicted molar refractivity (Wildman–Crippen MR) is 80.5 cm³/mol. The molecule has 102 valence electrons. The topological polar surface area (TPSA) is 50.7 Å². The normalized spacial score (nSPS) is 14.7. The minimum atomic E-state index is 0.449. The minimum absolute atomic E-state index is 0.449. The summed E-state index contributed by atoms with van der Waals surface area (Å²) < 4.78 is 0. The van der Waals surface area contributed by atoms with Gasteiger partial charge in [-0.15, -0.1) is 0 Å². The van der Waals surface area contributed by atoms with Crippen molar-refractivity contribution in [3.63, 3.8) is 0 Å². The Kier molecular flexibility index (Phi) is 3.46. The van der Waals surface area contributed by atoms with E-state index >= 15 is 0 Å². The summed E-state index contributed by atoms with van der Waals surface area (Å²) in [5, 5.41) is 3.53. The molecule has 0 atom stereocenters. The molecule has 0 amide bonds. The zero-order valence-corrected chi connectivity index (χ0v) is 11.8. The third-order valence-corrected chi connectivity index (χ3v) is 3.66. The first-order valence-corrected chi connectivity index (χ1v) is 6.91. The van der Waals surface area contributed by atoms with Crippen LogP contribution in [0.3, 0.4) is 0 Å². The highest BCUT2D eigenvalue weighted by Crippen LogP contribution is 2.23. The van der Waals surface area contributed by atoms with Crippen molar-refractivity contribution in [1.82, 2.24) is 15.0 Å². The van der Waals surface area contributed by atoms with Gasteiger partial charge >= 0.3 is 0 Å². The van der Waals surface area contributed by atoms with Gasteiger partial charge < -0.3 is 5.32 Å². The molecule has 4 nitrogen and oxygen atoms in total. The maximum atomic E-state index is 4.68. The third kappa shape index (κ3) is 2.54. The van der Waals surface area contributed by atoms with Crippen LogP contribution in [0.15, 0.2) is 36.7 Å². The highest BCUT2D eigenvalue weighted by molar-refractivity contribution is 5.58. The van der Waals surface area contributed by atoms with Crippen LogP contribution in [0.5, 0.6) is 0 Å². The lowest BCUT2D eigenvalue weighted by molar-refractivity contribution is 0.777. The number of anilines is 1. The van der Waals surface area contributed by atoms with Crippen molar-refractivity contribution < 1.29 is 0 Å². The van der Waals surface area contributed by atoms with Crippen molar-refractivity contribution >= 4 is 5.82 Å². The number of aryl methyl sites for hydroxylation is 1. The number of aromatic nitrogens is 3. The van der Waals surface area contributed by atoms with Gasteiger partial charge in [0.15, 0.2) is 5.82 Å². The van der Waals surface area contributed by atoms with E-state index in [2.05, 4.69) is 39.3 Å². The van der Waals surface area contributed by atoms with Gasteiger partial charge in [-0.3, -0.25) is 4.98 Å². The van der Waals surface area contributed by atoms with Gasteiger partial charge in [-0.05, 0) is 38.8 Å². The first-order chi connectivity index (χ1) is 9.74. The van der Waals surface area contributed by atoms with E-state index in [1.54, 1.807) is 12.4 Å². The summed E-state index contributed by atoms with van der Waals surface area (Å²) in [5.41, 5.74) is 3.07. The van der Waals surface area contributed by atoms with Crippen LogP contribution in [0.25, 0.3) is 11.4 Å². The lowest BCUT2D eigenvalue weighted by atomic mass is 10.2. The molecule has 1 aliphatic carbocycles.